The summed E-state index contributed by atoms with van der Waals surface area (Å²) in [5.41, 5.74) is 0.780. The molecule has 0 atom stereocenters. The molecule has 0 aliphatic carbocycles. The first-order valence-corrected chi connectivity index (χ1v) is 7.43. The van der Waals surface area contributed by atoms with E-state index in [1.807, 2.05) is 39.8 Å². The fraction of sp³-hybridized carbons (Fsp3) is 0.778. The van der Waals surface area contributed by atoms with Crippen molar-refractivity contribution in [2.45, 2.75) is 82.1 Å². The number of hydrogen-bond donors (Lipinski definition) is 0. The van der Waals surface area contributed by atoms with Crippen molar-refractivity contribution in [2.75, 3.05) is 0 Å². The lowest BCUT2D eigenvalue weighted by Gasteiger charge is -2.15. The molecule has 0 aliphatic heterocycles. The topological polar surface area (TPSA) is 0 Å². The fourth-order valence-corrected chi connectivity index (χ4v) is 0.455. The first kappa shape index (κ1) is 26.1. The molecule has 0 nitrogen and oxygen atoms in total. The first-order valence-electron chi connectivity index (χ1n) is 7.43. The summed E-state index contributed by atoms with van der Waals surface area (Å²) in [5, 5.41) is 0. The Morgan fingerprint density at radius 3 is 1.17 bits per heavy atom. The predicted octanol–water partition coefficient (Wildman–Crippen LogP) is 7.27. The van der Waals surface area contributed by atoms with Crippen LogP contribution < -0.4 is 0 Å². The molecule has 0 saturated heterocycles. The van der Waals surface area contributed by atoms with Gasteiger partial charge in [-0.25, -0.2) is 0 Å². The highest BCUT2D eigenvalue weighted by molar-refractivity contribution is 4.92. The molecular weight excluding hydrogens is 216 g/mol. The van der Waals surface area contributed by atoms with Crippen molar-refractivity contribution in [2.24, 2.45) is 10.8 Å². The Morgan fingerprint density at radius 2 is 1.11 bits per heavy atom. The van der Waals surface area contributed by atoms with Gasteiger partial charge in [-0.2, -0.15) is 0 Å². The largest absolute Gasteiger partial charge is 0.103 e. The van der Waals surface area contributed by atoms with E-state index >= 15 is 0 Å². The minimum absolute atomic E-state index is 0.238. The number of hydrogen-bond acceptors (Lipinski definition) is 0. The summed E-state index contributed by atoms with van der Waals surface area (Å²) in [6.45, 7) is 28.6. The maximum Gasteiger partial charge on any atom is -0.0143 e. The van der Waals surface area contributed by atoms with Crippen LogP contribution in [0.1, 0.15) is 82.1 Å². The highest BCUT2D eigenvalue weighted by Gasteiger charge is 2.08. The highest BCUT2D eigenvalue weighted by Crippen LogP contribution is 2.20. The molecule has 0 unspecified atom stereocenters. The van der Waals surface area contributed by atoms with Gasteiger partial charge in [-0.1, -0.05) is 87.8 Å². The van der Waals surface area contributed by atoms with Crippen LogP contribution >= 0.6 is 0 Å². The zero-order valence-corrected chi connectivity index (χ0v) is 15.0. The molecule has 18 heavy (non-hydrogen) atoms. The highest BCUT2D eigenvalue weighted by atomic mass is 14.1. The first-order chi connectivity index (χ1) is 8.18. The van der Waals surface area contributed by atoms with Crippen molar-refractivity contribution in [3.05, 3.63) is 25.3 Å². The lowest BCUT2D eigenvalue weighted by Crippen LogP contribution is -2.03. The number of allylic oxidation sites excluding steroid dienone is 2. The molecule has 0 aromatic carbocycles. The zero-order chi connectivity index (χ0) is 15.8. The molecule has 0 aliphatic rings. The van der Waals surface area contributed by atoms with E-state index < -0.39 is 0 Å². The standard InChI is InChI=1S/C8H14.C6H14.2C2H6/c1-5-7-8(3,4)6-2;1-5-6(2,3)4;2*1-2/h5-6H,1-2,7H2,3-4H3;5H2,1-4H3;2*1-2H3. The molecule has 0 heteroatoms. The van der Waals surface area contributed by atoms with Crippen molar-refractivity contribution in [3.8, 4) is 0 Å². The van der Waals surface area contributed by atoms with Crippen LogP contribution in [0, 0.1) is 10.8 Å². The van der Waals surface area contributed by atoms with Gasteiger partial charge in [0.2, 0.25) is 0 Å². The van der Waals surface area contributed by atoms with Crippen LogP contribution in [0.15, 0.2) is 25.3 Å². The van der Waals surface area contributed by atoms with Crippen LogP contribution in [0.25, 0.3) is 0 Å². The smallest absolute Gasteiger partial charge is 0.0143 e. The minimum Gasteiger partial charge on any atom is -0.103 e. The van der Waals surface area contributed by atoms with Crippen molar-refractivity contribution in [1.29, 1.82) is 0 Å². The van der Waals surface area contributed by atoms with E-state index in [0.717, 1.165) is 6.42 Å². The summed E-state index contributed by atoms with van der Waals surface area (Å²) >= 11 is 0. The van der Waals surface area contributed by atoms with Crippen molar-refractivity contribution < 1.29 is 0 Å². The van der Waals surface area contributed by atoms with E-state index in [2.05, 4.69) is 54.7 Å². The summed E-state index contributed by atoms with van der Waals surface area (Å²) in [5.74, 6) is 0. The molecule has 0 bridgehead atoms. The molecule has 0 aromatic rings. The Balaban J connectivity index is -0.0000000869. The van der Waals surface area contributed by atoms with E-state index in [9.17, 15) is 0 Å². The van der Waals surface area contributed by atoms with E-state index in [-0.39, 0.29) is 5.41 Å². The third-order valence-corrected chi connectivity index (χ3v) is 2.28. The summed E-state index contributed by atoms with van der Waals surface area (Å²) in [6.07, 6.45) is 6.15. The molecule has 0 radical (unpaired) electrons. The molecule has 0 heterocycles. The third-order valence-electron chi connectivity index (χ3n) is 2.28. The molecule has 0 aromatic heterocycles. The van der Waals surface area contributed by atoms with Crippen molar-refractivity contribution in [3.63, 3.8) is 0 Å². The van der Waals surface area contributed by atoms with Gasteiger partial charge in [-0.05, 0) is 17.3 Å². The molecule has 0 fully saturated rings. The van der Waals surface area contributed by atoms with E-state index in [4.69, 9.17) is 0 Å². The second-order valence-corrected chi connectivity index (χ2v) is 5.60. The summed E-state index contributed by atoms with van der Waals surface area (Å²) in [6, 6.07) is 0. The Labute approximate surface area is 119 Å². The molecule has 0 spiro atoms. The molecule has 0 rings (SSSR count). The van der Waals surface area contributed by atoms with Crippen molar-refractivity contribution in [1.82, 2.24) is 0 Å². The third kappa shape index (κ3) is 36.1. The predicted molar refractivity (Wildman–Crippen MR) is 91.2 cm³/mol. The van der Waals surface area contributed by atoms with Gasteiger partial charge < -0.3 is 0 Å². The van der Waals surface area contributed by atoms with Crippen LogP contribution in [0.2, 0.25) is 0 Å². The fourth-order valence-electron chi connectivity index (χ4n) is 0.455. The maximum atomic E-state index is 3.70. The number of rotatable bonds is 3. The Kier molecular flexibility index (Phi) is 23.9. The van der Waals surface area contributed by atoms with Gasteiger partial charge >= 0.3 is 0 Å². The van der Waals surface area contributed by atoms with Gasteiger partial charge in [0, 0.05) is 0 Å². The van der Waals surface area contributed by atoms with Crippen LogP contribution in [0.4, 0.5) is 0 Å². The van der Waals surface area contributed by atoms with Gasteiger partial charge in [0.1, 0.15) is 0 Å². The normalized spacial score (nSPS) is 9.44. The van der Waals surface area contributed by atoms with Gasteiger partial charge in [0.25, 0.3) is 0 Å². The monoisotopic (exact) mass is 256 g/mol. The van der Waals surface area contributed by atoms with Crippen LogP contribution in [0.5, 0.6) is 0 Å². The lowest BCUT2D eigenvalue weighted by atomic mass is 9.90. The molecule has 0 N–H and O–H groups in total. The van der Waals surface area contributed by atoms with Gasteiger partial charge in [0.15, 0.2) is 0 Å². The second-order valence-electron chi connectivity index (χ2n) is 5.60. The van der Waals surface area contributed by atoms with Gasteiger partial charge in [0.05, 0.1) is 0 Å². The van der Waals surface area contributed by atoms with E-state index in [0.29, 0.717) is 5.41 Å². The molecule has 112 valence electrons. The van der Waals surface area contributed by atoms with Crippen LogP contribution in [0.3, 0.4) is 0 Å². The van der Waals surface area contributed by atoms with Crippen LogP contribution in [-0.4, -0.2) is 0 Å². The van der Waals surface area contributed by atoms with Gasteiger partial charge in [-0.3, -0.25) is 0 Å². The summed E-state index contributed by atoms with van der Waals surface area (Å²) in [7, 11) is 0. The Bertz CT molecular complexity index is 155. The summed E-state index contributed by atoms with van der Waals surface area (Å²) < 4.78 is 0. The Hall–Kier alpha value is -0.520. The average molecular weight is 257 g/mol. The van der Waals surface area contributed by atoms with Gasteiger partial charge in [-0.15, -0.1) is 13.2 Å². The molecular formula is C18H40. The second kappa shape index (κ2) is 16.5. The average Bonchev–Trinajstić information content (AvgIpc) is 2.34. The maximum absolute atomic E-state index is 3.70. The van der Waals surface area contributed by atoms with Crippen molar-refractivity contribution >= 4 is 0 Å². The summed E-state index contributed by atoms with van der Waals surface area (Å²) in [4.78, 5) is 0. The quantitative estimate of drug-likeness (QED) is 0.466. The lowest BCUT2D eigenvalue weighted by molar-refractivity contribution is 0.398. The molecule has 0 saturated carbocycles. The SMILES string of the molecule is C=CCC(C)(C)C=C.CC.CC.CCC(C)(C)C. The van der Waals surface area contributed by atoms with E-state index in [1.165, 1.54) is 6.42 Å². The Morgan fingerprint density at radius 1 is 0.833 bits per heavy atom. The minimum atomic E-state index is 0.238. The molecule has 0 amide bonds. The van der Waals surface area contributed by atoms with E-state index in [1.54, 1.807) is 0 Å². The zero-order valence-electron chi connectivity index (χ0n) is 15.0. The van der Waals surface area contributed by atoms with Crippen LogP contribution in [-0.2, 0) is 0 Å².